The lowest BCUT2D eigenvalue weighted by Gasteiger charge is -2.13. The SMILES string of the molecule is CC[C@@H](CO)NC(=O)c1cnc(Cc2c(Cl)cccc2Cl)[nH]c1=O. The molecule has 128 valence electrons. The van der Waals surface area contributed by atoms with Crippen molar-refractivity contribution in [3.8, 4) is 0 Å². The predicted octanol–water partition coefficient (Wildman–Crippen LogP) is 2.17. The minimum absolute atomic E-state index is 0.115. The van der Waals surface area contributed by atoms with E-state index in [0.717, 1.165) is 0 Å². The molecule has 0 aliphatic carbocycles. The first kappa shape index (κ1) is 18.4. The number of halogens is 2. The average molecular weight is 370 g/mol. The highest BCUT2D eigenvalue weighted by Gasteiger charge is 2.16. The zero-order valence-corrected chi connectivity index (χ0v) is 14.5. The molecule has 0 radical (unpaired) electrons. The highest BCUT2D eigenvalue weighted by Crippen LogP contribution is 2.25. The smallest absolute Gasteiger partial charge is 0.263 e. The van der Waals surface area contributed by atoms with Crippen LogP contribution in [0.25, 0.3) is 0 Å². The maximum absolute atomic E-state index is 12.1. The summed E-state index contributed by atoms with van der Waals surface area (Å²) in [6, 6.07) is 4.71. The fourth-order valence-electron chi connectivity index (χ4n) is 2.09. The van der Waals surface area contributed by atoms with Crippen LogP contribution < -0.4 is 10.9 Å². The summed E-state index contributed by atoms with van der Waals surface area (Å²) in [6.07, 6.45) is 2.00. The van der Waals surface area contributed by atoms with Gasteiger partial charge in [-0.3, -0.25) is 9.59 Å². The van der Waals surface area contributed by atoms with E-state index in [2.05, 4.69) is 15.3 Å². The third kappa shape index (κ3) is 4.35. The first-order valence-electron chi connectivity index (χ1n) is 7.39. The number of H-pyrrole nitrogens is 1. The number of nitrogens with one attached hydrogen (secondary N) is 2. The zero-order chi connectivity index (χ0) is 17.7. The van der Waals surface area contributed by atoms with Crippen LogP contribution in [0.1, 0.15) is 35.1 Å². The van der Waals surface area contributed by atoms with Gasteiger partial charge in [0.15, 0.2) is 0 Å². The van der Waals surface area contributed by atoms with Gasteiger partial charge in [-0.25, -0.2) is 4.98 Å². The molecule has 6 nitrogen and oxygen atoms in total. The largest absolute Gasteiger partial charge is 0.394 e. The van der Waals surface area contributed by atoms with E-state index in [1.54, 1.807) is 18.2 Å². The molecular weight excluding hydrogens is 353 g/mol. The molecular formula is C16H17Cl2N3O3. The fraction of sp³-hybridized carbons (Fsp3) is 0.312. The average Bonchev–Trinajstić information content (AvgIpc) is 2.56. The maximum Gasteiger partial charge on any atom is 0.263 e. The number of carbonyl (C=O) groups is 1. The zero-order valence-electron chi connectivity index (χ0n) is 13.0. The highest BCUT2D eigenvalue weighted by molar-refractivity contribution is 6.36. The molecule has 3 N–H and O–H groups in total. The summed E-state index contributed by atoms with van der Waals surface area (Å²) >= 11 is 12.2. The Hall–Kier alpha value is -1.89. The Morgan fingerprint density at radius 2 is 2.04 bits per heavy atom. The predicted molar refractivity (Wildman–Crippen MR) is 92.8 cm³/mol. The molecule has 0 unspecified atom stereocenters. The third-order valence-corrected chi connectivity index (χ3v) is 4.26. The Morgan fingerprint density at radius 1 is 1.38 bits per heavy atom. The lowest BCUT2D eigenvalue weighted by molar-refractivity contribution is 0.0913. The Balaban J connectivity index is 2.21. The molecule has 2 rings (SSSR count). The second kappa shape index (κ2) is 8.28. The van der Waals surface area contributed by atoms with Crippen LogP contribution in [-0.4, -0.2) is 33.6 Å². The van der Waals surface area contributed by atoms with Crippen molar-refractivity contribution in [2.75, 3.05) is 6.61 Å². The molecule has 0 bridgehead atoms. The molecule has 1 amide bonds. The molecule has 0 saturated carbocycles. The van der Waals surface area contributed by atoms with Crippen molar-refractivity contribution in [3.63, 3.8) is 0 Å². The lowest BCUT2D eigenvalue weighted by Crippen LogP contribution is -2.39. The monoisotopic (exact) mass is 369 g/mol. The van der Waals surface area contributed by atoms with Gasteiger partial charge < -0.3 is 15.4 Å². The van der Waals surface area contributed by atoms with Crippen molar-refractivity contribution in [1.82, 2.24) is 15.3 Å². The molecule has 1 aromatic heterocycles. The Bertz CT molecular complexity index is 768. The quantitative estimate of drug-likeness (QED) is 0.726. The molecule has 0 saturated heterocycles. The van der Waals surface area contributed by atoms with E-state index < -0.39 is 17.5 Å². The number of benzene rings is 1. The molecule has 0 fully saturated rings. The Morgan fingerprint density at radius 3 is 2.58 bits per heavy atom. The van der Waals surface area contributed by atoms with Crippen molar-refractivity contribution in [2.45, 2.75) is 25.8 Å². The summed E-state index contributed by atoms with van der Waals surface area (Å²) in [7, 11) is 0. The summed E-state index contributed by atoms with van der Waals surface area (Å²) in [5.41, 5.74) is -0.0307. The van der Waals surface area contributed by atoms with Gasteiger partial charge in [0.05, 0.1) is 12.6 Å². The summed E-state index contributed by atoms with van der Waals surface area (Å²) < 4.78 is 0. The number of aromatic amines is 1. The van der Waals surface area contributed by atoms with E-state index in [9.17, 15) is 9.59 Å². The molecule has 8 heteroatoms. The van der Waals surface area contributed by atoms with Gasteiger partial charge in [0.1, 0.15) is 11.4 Å². The molecule has 0 spiro atoms. The Labute approximate surface area is 148 Å². The van der Waals surface area contributed by atoms with Crippen LogP contribution in [0.5, 0.6) is 0 Å². The highest BCUT2D eigenvalue weighted by atomic mass is 35.5. The number of carbonyl (C=O) groups excluding carboxylic acids is 1. The van der Waals surface area contributed by atoms with E-state index in [4.69, 9.17) is 28.3 Å². The van der Waals surface area contributed by atoms with Gasteiger partial charge in [-0.05, 0) is 24.1 Å². The van der Waals surface area contributed by atoms with Gasteiger partial charge in [-0.2, -0.15) is 0 Å². The van der Waals surface area contributed by atoms with Crippen molar-refractivity contribution >= 4 is 29.1 Å². The van der Waals surface area contributed by atoms with E-state index in [0.29, 0.717) is 27.9 Å². The van der Waals surface area contributed by atoms with Crippen LogP contribution in [0.2, 0.25) is 10.0 Å². The van der Waals surface area contributed by atoms with Gasteiger partial charge in [0.25, 0.3) is 11.5 Å². The second-order valence-corrected chi connectivity index (χ2v) is 6.03. The molecule has 1 atom stereocenters. The van der Waals surface area contributed by atoms with Gasteiger partial charge in [-0.1, -0.05) is 36.2 Å². The fourth-order valence-corrected chi connectivity index (χ4v) is 2.62. The molecule has 0 aliphatic rings. The van der Waals surface area contributed by atoms with Crippen LogP contribution in [-0.2, 0) is 6.42 Å². The van der Waals surface area contributed by atoms with Crippen molar-refractivity contribution in [3.05, 3.63) is 61.7 Å². The van der Waals surface area contributed by atoms with E-state index in [1.807, 2.05) is 6.92 Å². The summed E-state index contributed by atoms with van der Waals surface area (Å²) in [6.45, 7) is 1.62. The minimum Gasteiger partial charge on any atom is -0.394 e. The van der Waals surface area contributed by atoms with Crippen LogP contribution in [0.4, 0.5) is 0 Å². The second-order valence-electron chi connectivity index (χ2n) is 5.21. The van der Waals surface area contributed by atoms with E-state index in [1.165, 1.54) is 6.20 Å². The summed E-state index contributed by atoms with van der Waals surface area (Å²) in [5.74, 6) is -0.229. The molecule has 0 aliphatic heterocycles. The summed E-state index contributed by atoms with van der Waals surface area (Å²) in [4.78, 5) is 30.8. The number of hydrogen-bond acceptors (Lipinski definition) is 4. The van der Waals surface area contributed by atoms with Crippen LogP contribution in [0.3, 0.4) is 0 Å². The van der Waals surface area contributed by atoms with E-state index in [-0.39, 0.29) is 18.6 Å². The minimum atomic E-state index is -0.577. The third-order valence-electron chi connectivity index (χ3n) is 3.55. The van der Waals surface area contributed by atoms with Crippen molar-refractivity contribution in [1.29, 1.82) is 0 Å². The standard InChI is InChI=1S/C16H17Cl2N3O3/c1-2-9(8-22)20-15(23)11-7-19-14(21-16(11)24)6-10-12(17)4-3-5-13(10)18/h3-5,7,9,22H,2,6,8H2,1H3,(H,20,23)(H,19,21,24)/t9-/m0/s1. The van der Waals surface area contributed by atoms with Crippen LogP contribution in [0, 0.1) is 0 Å². The van der Waals surface area contributed by atoms with Gasteiger partial charge in [0, 0.05) is 22.7 Å². The number of amides is 1. The first-order chi connectivity index (χ1) is 11.5. The normalized spacial score (nSPS) is 12.0. The van der Waals surface area contributed by atoms with Gasteiger partial charge in [-0.15, -0.1) is 0 Å². The van der Waals surface area contributed by atoms with E-state index >= 15 is 0 Å². The van der Waals surface area contributed by atoms with Gasteiger partial charge in [0.2, 0.25) is 0 Å². The number of nitrogens with zero attached hydrogens (tertiary/aromatic N) is 1. The number of rotatable bonds is 6. The molecule has 2 aromatic rings. The number of aromatic nitrogens is 2. The van der Waals surface area contributed by atoms with Crippen molar-refractivity contribution in [2.24, 2.45) is 0 Å². The summed E-state index contributed by atoms with van der Waals surface area (Å²) in [5, 5.41) is 12.6. The number of hydrogen-bond donors (Lipinski definition) is 3. The van der Waals surface area contributed by atoms with Gasteiger partial charge >= 0.3 is 0 Å². The van der Waals surface area contributed by atoms with Crippen LogP contribution >= 0.6 is 23.2 Å². The number of aliphatic hydroxyl groups excluding tert-OH is 1. The first-order valence-corrected chi connectivity index (χ1v) is 8.14. The molecule has 1 aromatic carbocycles. The molecule has 1 heterocycles. The topological polar surface area (TPSA) is 95.1 Å². The van der Waals surface area contributed by atoms with Crippen molar-refractivity contribution < 1.29 is 9.90 Å². The van der Waals surface area contributed by atoms with Crippen LogP contribution in [0.15, 0.2) is 29.2 Å². The number of aliphatic hydroxyl groups is 1. The molecule has 24 heavy (non-hydrogen) atoms. The Kier molecular flexibility index (Phi) is 6.36. The lowest BCUT2D eigenvalue weighted by atomic mass is 10.1. The maximum atomic E-state index is 12.1.